The molecule has 2 atom stereocenters. The van der Waals surface area contributed by atoms with Gasteiger partial charge in [0, 0.05) is 22.1 Å². The van der Waals surface area contributed by atoms with Crippen LogP contribution >= 0.6 is 23.4 Å². The summed E-state index contributed by atoms with van der Waals surface area (Å²) < 4.78 is 6.20. The highest BCUT2D eigenvalue weighted by atomic mass is 35.5. The Labute approximate surface area is 300 Å². The number of rotatable bonds is 14. The summed E-state index contributed by atoms with van der Waals surface area (Å²) in [5.74, 6) is 1.60. The minimum atomic E-state index is -1.14. The fourth-order valence-corrected chi connectivity index (χ4v) is 7.86. The normalized spacial score (nSPS) is 15.3. The van der Waals surface area contributed by atoms with Crippen LogP contribution in [0.2, 0.25) is 5.02 Å². The first-order valence-corrected chi connectivity index (χ1v) is 18.6. The maximum Gasteiger partial charge on any atom is 0.327 e. The summed E-state index contributed by atoms with van der Waals surface area (Å²) in [6.07, 6.45) is 9.12. The van der Waals surface area contributed by atoms with Crippen LogP contribution in [-0.4, -0.2) is 22.2 Å². The number of pyridine rings is 1. The number of benzene rings is 4. The van der Waals surface area contributed by atoms with E-state index < -0.39 is 17.1 Å². The van der Waals surface area contributed by atoms with Crippen LogP contribution in [0.15, 0.2) is 109 Å². The van der Waals surface area contributed by atoms with Crippen molar-refractivity contribution in [1.29, 1.82) is 0 Å². The lowest BCUT2D eigenvalue weighted by Crippen LogP contribution is -2.50. The predicted molar refractivity (Wildman–Crippen MR) is 207 cm³/mol. The van der Waals surface area contributed by atoms with Crippen LogP contribution in [0.3, 0.4) is 0 Å². The van der Waals surface area contributed by atoms with Crippen LogP contribution in [0, 0.1) is 5.92 Å². The zero-order valence-corrected chi connectivity index (χ0v) is 30.1. The van der Waals surface area contributed by atoms with Crippen molar-refractivity contribution in [3.63, 3.8) is 0 Å². The number of thioether (sulfide) groups is 1. The van der Waals surface area contributed by atoms with E-state index in [0.29, 0.717) is 16.7 Å². The maximum absolute atomic E-state index is 13.5. The highest BCUT2D eigenvalue weighted by Crippen LogP contribution is 2.41. The molecule has 49 heavy (non-hydrogen) atoms. The highest BCUT2D eigenvalue weighted by Gasteiger charge is 2.36. The van der Waals surface area contributed by atoms with E-state index >= 15 is 0 Å². The minimum absolute atomic E-state index is 0.340. The van der Waals surface area contributed by atoms with Crippen molar-refractivity contribution >= 4 is 52.4 Å². The quantitative estimate of drug-likeness (QED) is 0.118. The summed E-state index contributed by atoms with van der Waals surface area (Å²) >= 11 is 8.28. The number of carbonyl (C=O) groups excluding carboxylic acids is 1. The Morgan fingerprint density at radius 3 is 2.49 bits per heavy atom. The standard InChI is InChI=1S/C43H45ClN2O2S/c1-42(2,48-41(47)43(3,45)28-31-10-5-4-6-11-31)38-15-8-7-13-33(38)21-25-40(49-29-32-16-17-32)35-14-9-12-30(26-35)18-23-37-24-20-34-19-22-36(44)27-39(34)46-37/h4-15,18-20,22-24,26-27,32,40H,16-17,21,25,28-29,45H2,1-3H3/b23-18+/t40-,43?/m1/s1. The van der Waals surface area contributed by atoms with Crippen LogP contribution in [-0.2, 0) is 28.0 Å². The minimum Gasteiger partial charge on any atom is -0.453 e. The molecule has 252 valence electrons. The first-order chi connectivity index (χ1) is 23.6. The second-order valence-corrected chi connectivity index (χ2v) is 15.7. The summed E-state index contributed by atoms with van der Waals surface area (Å²) in [6.45, 7) is 5.69. The highest BCUT2D eigenvalue weighted by molar-refractivity contribution is 7.99. The summed E-state index contributed by atoms with van der Waals surface area (Å²) in [7, 11) is 0. The van der Waals surface area contributed by atoms with Gasteiger partial charge in [-0.3, -0.25) is 4.79 Å². The van der Waals surface area contributed by atoms with Gasteiger partial charge < -0.3 is 10.5 Å². The molecule has 0 saturated heterocycles. The third-order valence-electron chi connectivity index (χ3n) is 9.20. The van der Waals surface area contributed by atoms with Crippen molar-refractivity contribution in [3.8, 4) is 0 Å². The zero-order valence-electron chi connectivity index (χ0n) is 28.6. The Balaban J connectivity index is 1.17. The van der Waals surface area contributed by atoms with E-state index in [2.05, 4.69) is 72.4 Å². The Bertz CT molecular complexity index is 1930. The molecule has 1 heterocycles. The van der Waals surface area contributed by atoms with E-state index in [1.54, 1.807) is 6.92 Å². The molecule has 4 aromatic carbocycles. The molecule has 1 unspecified atom stereocenters. The van der Waals surface area contributed by atoms with E-state index in [0.717, 1.165) is 52.0 Å². The van der Waals surface area contributed by atoms with Gasteiger partial charge >= 0.3 is 5.97 Å². The molecule has 6 heteroatoms. The molecule has 6 rings (SSSR count). The number of nitrogens with two attached hydrogens (primary N) is 1. The van der Waals surface area contributed by atoms with Gasteiger partial charge in [-0.2, -0.15) is 11.8 Å². The Morgan fingerprint density at radius 2 is 1.69 bits per heavy atom. The average molecular weight is 689 g/mol. The summed E-state index contributed by atoms with van der Waals surface area (Å²) in [5.41, 5.74) is 12.0. The number of nitrogens with zero attached hydrogens (tertiary/aromatic N) is 1. The lowest BCUT2D eigenvalue weighted by Gasteiger charge is -2.33. The van der Waals surface area contributed by atoms with Crippen molar-refractivity contribution in [2.75, 3.05) is 5.75 Å². The molecule has 0 spiro atoms. The predicted octanol–water partition coefficient (Wildman–Crippen LogP) is 10.6. The molecule has 2 N–H and O–H groups in total. The van der Waals surface area contributed by atoms with Crippen LogP contribution in [0.4, 0.5) is 0 Å². The number of carbonyl (C=O) groups is 1. The van der Waals surface area contributed by atoms with Crippen LogP contribution in [0.25, 0.3) is 23.1 Å². The number of aromatic nitrogens is 1. The molecule has 1 aromatic heterocycles. The van der Waals surface area contributed by atoms with Crippen molar-refractivity contribution in [2.45, 2.75) is 69.3 Å². The number of fused-ring (bicyclic) bond motifs is 1. The first kappa shape index (κ1) is 34.9. The van der Waals surface area contributed by atoms with Crippen molar-refractivity contribution in [1.82, 2.24) is 4.98 Å². The lowest BCUT2D eigenvalue weighted by atomic mass is 9.89. The molecule has 0 bridgehead atoms. The van der Waals surface area contributed by atoms with Crippen molar-refractivity contribution in [3.05, 3.63) is 148 Å². The summed E-state index contributed by atoms with van der Waals surface area (Å²) in [4.78, 5) is 18.2. The second kappa shape index (κ2) is 15.3. The molecule has 1 aliphatic carbocycles. The topological polar surface area (TPSA) is 65.2 Å². The van der Waals surface area contributed by atoms with Gasteiger partial charge in [-0.25, -0.2) is 4.98 Å². The van der Waals surface area contributed by atoms with Crippen LogP contribution in [0.5, 0.6) is 0 Å². The SMILES string of the molecule is CC(N)(Cc1ccccc1)C(=O)OC(C)(C)c1ccccc1CC[C@@H](SCC1CC1)c1cccc(/C=C/c2ccc3ccc(Cl)cc3n2)c1. The van der Waals surface area contributed by atoms with Crippen molar-refractivity contribution < 1.29 is 9.53 Å². The number of ether oxygens (including phenoxy) is 1. The number of hydrogen-bond donors (Lipinski definition) is 1. The third-order valence-corrected chi connectivity index (χ3v) is 11.0. The molecule has 0 radical (unpaired) electrons. The van der Waals surface area contributed by atoms with Crippen LogP contribution in [0.1, 0.15) is 78.8 Å². The van der Waals surface area contributed by atoms with E-state index in [9.17, 15) is 4.79 Å². The molecule has 1 aliphatic rings. The molecule has 5 aromatic rings. The smallest absolute Gasteiger partial charge is 0.327 e. The Morgan fingerprint density at radius 1 is 0.939 bits per heavy atom. The second-order valence-electron chi connectivity index (χ2n) is 14.0. The molecule has 1 fully saturated rings. The molecule has 0 amide bonds. The monoisotopic (exact) mass is 688 g/mol. The first-order valence-electron chi connectivity index (χ1n) is 17.2. The summed E-state index contributed by atoms with van der Waals surface area (Å²) in [6, 6.07) is 37.0. The van der Waals surface area contributed by atoms with E-state index in [4.69, 9.17) is 27.1 Å². The van der Waals surface area contributed by atoms with E-state index in [1.165, 1.54) is 29.7 Å². The van der Waals surface area contributed by atoms with Gasteiger partial charge in [0.15, 0.2) is 0 Å². The van der Waals surface area contributed by atoms with Crippen LogP contribution < -0.4 is 5.73 Å². The van der Waals surface area contributed by atoms with Gasteiger partial charge in [0.1, 0.15) is 11.1 Å². The molecular formula is C43H45ClN2O2S. The largest absolute Gasteiger partial charge is 0.453 e. The molecule has 1 saturated carbocycles. The van der Waals surface area contributed by atoms with Gasteiger partial charge in [-0.05, 0) is 110 Å². The maximum atomic E-state index is 13.5. The lowest BCUT2D eigenvalue weighted by molar-refractivity contribution is -0.163. The fourth-order valence-electron chi connectivity index (χ4n) is 6.23. The summed E-state index contributed by atoms with van der Waals surface area (Å²) in [5, 5.41) is 2.10. The number of esters is 1. The van der Waals surface area contributed by atoms with Gasteiger partial charge in [0.05, 0.1) is 11.2 Å². The molecule has 4 nitrogen and oxygen atoms in total. The third kappa shape index (κ3) is 9.42. The van der Waals surface area contributed by atoms with E-state index in [-0.39, 0.29) is 0 Å². The van der Waals surface area contributed by atoms with Gasteiger partial charge in [0.25, 0.3) is 0 Å². The fraction of sp³-hybridized carbons (Fsp3) is 0.302. The molecule has 0 aliphatic heterocycles. The number of hydrogen-bond acceptors (Lipinski definition) is 5. The van der Waals surface area contributed by atoms with Gasteiger partial charge in [-0.1, -0.05) is 109 Å². The van der Waals surface area contributed by atoms with Crippen molar-refractivity contribution in [2.24, 2.45) is 11.7 Å². The number of halogens is 1. The zero-order chi connectivity index (χ0) is 34.4. The van der Waals surface area contributed by atoms with E-state index in [1.807, 2.05) is 74.5 Å². The van der Waals surface area contributed by atoms with Gasteiger partial charge in [0.2, 0.25) is 0 Å². The average Bonchev–Trinajstić information content (AvgIpc) is 3.92. The Hall–Kier alpha value is -3.90. The van der Waals surface area contributed by atoms with Gasteiger partial charge in [-0.15, -0.1) is 0 Å². The Kier molecular flexibility index (Phi) is 10.9. The number of aryl methyl sites for hydroxylation is 1. The molecular weight excluding hydrogens is 644 g/mol.